The first-order valence-electron chi connectivity index (χ1n) is 18.6. The standard InChI is InChI=1S/C39H57N5O5S/c1-26(2)50-38-30(23-39(3,4)5)29-14-15-32(45)31(36(29)41-38)25-42-19-21-43(22-20-42)33(46)9-7-6-8-18-40-37(49)28-12-10-27(11-13-28)24-44-34(47)16-17-35(44)48/h14-17,26-28,41,45H,6-13,18-25H2,1-5H3,(H,40,49). The van der Waals surface area contributed by atoms with Crippen LogP contribution in [0.25, 0.3) is 10.9 Å². The molecule has 2 aliphatic heterocycles. The van der Waals surface area contributed by atoms with Gasteiger partial charge in [-0.2, -0.15) is 0 Å². The Morgan fingerprint density at radius 1 is 0.960 bits per heavy atom. The van der Waals surface area contributed by atoms with Gasteiger partial charge in [0.25, 0.3) is 11.8 Å². The summed E-state index contributed by atoms with van der Waals surface area (Å²) < 4.78 is 0. The summed E-state index contributed by atoms with van der Waals surface area (Å²) in [5.74, 6) is 0.364. The zero-order chi connectivity index (χ0) is 36.0. The van der Waals surface area contributed by atoms with Gasteiger partial charge in [-0.05, 0) is 74.0 Å². The highest BCUT2D eigenvalue weighted by Gasteiger charge is 2.31. The van der Waals surface area contributed by atoms with Crippen molar-refractivity contribution in [2.24, 2.45) is 17.3 Å². The maximum absolute atomic E-state index is 13.0. The van der Waals surface area contributed by atoms with Crippen molar-refractivity contribution in [3.8, 4) is 5.75 Å². The largest absolute Gasteiger partial charge is 0.508 e. The highest BCUT2D eigenvalue weighted by atomic mass is 32.2. The number of unbranched alkanes of at least 4 members (excludes halogenated alkanes) is 2. The molecule has 1 saturated carbocycles. The van der Waals surface area contributed by atoms with E-state index in [4.69, 9.17) is 0 Å². The van der Waals surface area contributed by atoms with Crippen LogP contribution < -0.4 is 5.32 Å². The summed E-state index contributed by atoms with van der Waals surface area (Å²) in [6, 6.07) is 3.89. The van der Waals surface area contributed by atoms with Crippen molar-refractivity contribution in [2.75, 3.05) is 39.3 Å². The van der Waals surface area contributed by atoms with Crippen LogP contribution in [0.2, 0.25) is 0 Å². The lowest BCUT2D eigenvalue weighted by Gasteiger charge is -2.35. The van der Waals surface area contributed by atoms with Gasteiger partial charge in [0.15, 0.2) is 0 Å². The van der Waals surface area contributed by atoms with Crippen LogP contribution in [0.1, 0.15) is 97.1 Å². The zero-order valence-corrected chi connectivity index (χ0v) is 31.5. The Labute approximate surface area is 301 Å². The normalized spacial score (nSPS) is 20.4. The van der Waals surface area contributed by atoms with E-state index in [1.165, 1.54) is 33.0 Å². The summed E-state index contributed by atoms with van der Waals surface area (Å²) in [5.41, 5.74) is 3.42. The van der Waals surface area contributed by atoms with Crippen LogP contribution in [0.3, 0.4) is 0 Å². The number of piperazine rings is 1. The molecule has 0 unspecified atom stereocenters. The zero-order valence-electron chi connectivity index (χ0n) is 30.7. The van der Waals surface area contributed by atoms with Gasteiger partial charge in [-0.1, -0.05) is 41.0 Å². The molecule has 0 spiro atoms. The lowest BCUT2D eigenvalue weighted by molar-refractivity contribution is -0.138. The first-order valence-corrected chi connectivity index (χ1v) is 19.5. The average Bonchev–Trinajstić information content (AvgIpc) is 3.56. The molecule has 3 N–H and O–H groups in total. The van der Waals surface area contributed by atoms with E-state index in [0.717, 1.165) is 75.5 Å². The number of aromatic nitrogens is 1. The van der Waals surface area contributed by atoms with Crippen molar-refractivity contribution in [1.29, 1.82) is 0 Å². The number of aromatic amines is 1. The van der Waals surface area contributed by atoms with Gasteiger partial charge in [0.2, 0.25) is 11.8 Å². The number of carbonyl (C=O) groups is 4. The molecular formula is C39H57N5O5S. The number of amides is 4. The Morgan fingerprint density at radius 2 is 1.64 bits per heavy atom. The Balaban J connectivity index is 0.995. The number of carbonyl (C=O) groups excluding carboxylic acids is 4. The van der Waals surface area contributed by atoms with E-state index in [1.54, 1.807) is 0 Å². The molecule has 11 heteroatoms. The molecule has 0 bridgehead atoms. The van der Waals surface area contributed by atoms with Crippen molar-refractivity contribution in [1.82, 2.24) is 25.0 Å². The van der Waals surface area contributed by atoms with E-state index in [0.29, 0.717) is 50.1 Å². The summed E-state index contributed by atoms with van der Waals surface area (Å²) in [5, 5.41) is 16.9. The molecule has 0 atom stereocenters. The molecule has 4 amide bonds. The summed E-state index contributed by atoms with van der Waals surface area (Å²) in [6.07, 6.45) is 9.90. The fourth-order valence-electron chi connectivity index (χ4n) is 7.49. The van der Waals surface area contributed by atoms with E-state index in [1.807, 2.05) is 22.7 Å². The SMILES string of the molecule is CC(C)Sc1[nH]c2c(CN3CCN(C(=O)CCCCCNC(=O)C4CCC(CN5C(=O)C=CC5=O)CC4)CC3)c(O)ccc2c1CC(C)(C)C. The van der Waals surface area contributed by atoms with Crippen LogP contribution in [0.4, 0.5) is 0 Å². The second-order valence-electron chi connectivity index (χ2n) is 15.9. The Morgan fingerprint density at radius 3 is 2.28 bits per heavy atom. The number of fused-ring (bicyclic) bond motifs is 1. The summed E-state index contributed by atoms with van der Waals surface area (Å²) in [7, 11) is 0. The van der Waals surface area contributed by atoms with Crippen molar-refractivity contribution in [3.63, 3.8) is 0 Å². The van der Waals surface area contributed by atoms with Crippen LogP contribution in [0, 0.1) is 17.3 Å². The first-order chi connectivity index (χ1) is 23.8. The third kappa shape index (κ3) is 9.93. The molecule has 1 aromatic heterocycles. The molecule has 2 fully saturated rings. The van der Waals surface area contributed by atoms with Crippen LogP contribution in [-0.2, 0) is 32.1 Å². The third-order valence-corrected chi connectivity index (χ3v) is 11.3. The number of benzene rings is 1. The smallest absolute Gasteiger partial charge is 0.253 e. The second kappa shape index (κ2) is 16.8. The van der Waals surface area contributed by atoms with E-state index < -0.39 is 0 Å². The summed E-state index contributed by atoms with van der Waals surface area (Å²) in [6.45, 7) is 15.8. The van der Waals surface area contributed by atoms with Gasteiger partial charge in [-0.25, -0.2) is 0 Å². The van der Waals surface area contributed by atoms with Crippen LogP contribution >= 0.6 is 11.8 Å². The van der Waals surface area contributed by atoms with Gasteiger partial charge in [0, 0.05) is 86.5 Å². The number of hydrogen-bond donors (Lipinski definition) is 3. The Bertz CT molecular complexity index is 1540. The van der Waals surface area contributed by atoms with Gasteiger partial charge >= 0.3 is 0 Å². The topological polar surface area (TPSA) is 126 Å². The number of nitrogens with one attached hydrogen (secondary N) is 2. The number of rotatable bonds is 14. The molecule has 1 aromatic carbocycles. The minimum Gasteiger partial charge on any atom is -0.508 e. The van der Waals surface area contributed by atoms with Gasteiger partial charge in [0.1, 0.15) is 5.75 Å². The molecule has 2 aromatic rings. The summed E-state index contributed by atoms with van der Waals surface area (Å²) >= 11 is 1.85. The maximum Gasteiger partial charge on any atom is 0.253 e. The van der Waals surface area contributed by atoms with Crippen LogP contribution in [0.15, 0.2) is 29.3 Å². The number of aromatic hydroxyl groups is 1. The van der Waals surface area contributed by atoms with Crippen LogP contribution in [0.5, 0.6) is 5.75 Å². The maximum atomic E-state index is 13.0. The highest BCUT2D eigenvalue weighted by molar-refractivity contribution is 7.99. The summed E-state index contributed by atoms with van der Waals surface area (Å²) in [4.78, 5) is 58.7. The molecule has 3 aliphatic rings. The van der Waals surface area contributed by atoms with Gasteiger partial charge in [0.05, 0.1) is 10.5 Å². The van der Waals surface area contributed by atoms with Crippen molar-refractivity contribution in [3.05, 3.63) is 35.4 Å². The predicted octanol–water partition coefficient (Wildman–Crippen LogP) is 6.01. The van der Waals surface area contributed by atoms with E-state index >= 15 is 0 Å². The quantitative estimate of drug-likeness (QED) is 0.125. The minimum atomic E-state index is -0.238. The van der Waals surface area contributed by atoms with Gasteiger partial charge in [-0.15, -0.1) is 11.8 Å². The van der Waals surface area contributed by atoms with E-state index in [-0.39, 0.29) is 40.9 Å². The fourth-order valence-corrected chi connectivity index (χ4v) is 8.45. The van der Waals surface area contributed by atoms with Crippen molar-refractivity contribution < 1.29 is 24.3 Å². The first kappa shape index (κ1) is 37.9. The van der Waals surface area contributed by atoms with E-state index in [2.05, 4.69) is 55.9 Å². The molecule has 0 radical (unpaired) electrons. The lowest BCUT2D eigenvalue weighted by atomic mass is 9.81. The van der Waals surface area contributed by atoms with Crippen molar-refractivity contribution >= 4 is 46.3 Å². The number of H-pyrrole nitrogens is 1. The number of hydrogen-bond acceptors (Lipinski definition) is 7. The minimum absolute atomic E-state index is 0.0124. The van der Waals surface area contributed by atoms with Gasteiger partial charge in [-0.3, -0.25) is 29.0 Å². The molecule has 1 aliphatic carbocycles. The molecule has 5 rings (SSSR count). The molecular weight excluding hydrogens is 651 g/mol. The third-order valence-electron chi connectivity index (χ3n) is 10.2. The number of phenols is 1. The van der Waals surface area contributed by atoms with Gasteiger partial charge < -0.3 is 20.3 Å². The fraction of sp³-hybridized carbons (Fsp3) is 0.641. The number of thioether (sulfide) groups is 1. The average molecular weight is 708 g/mol. The molecule has 50 heavy (non-hydrogen) atoms. The second-order valence-corrected chi connectivity index (χ2v) is 17.5. The molecule has 10 nitrogen and oxygen atoms in total. The predicted molar refractivity (Wildman–Crippen MR) is 199 cm³/mol. The van der Waals surface area contributed by atoms with Crippen LogP contribution in [-0.4, -0.2) is 92.9 Å². The molecule has 3 heterocycles. The number of nitrogens with zero attached hydrogens (tertiary/aromatic N) is 3. The monoisotopic (exact) mass is 707 g/mol. The van der Waals surface area contributed by atoms with E-state index in [9.17, 15) is 24.3 Å². The molecule has 274 valence electrons. The lowest BCUT2D eigenvalue weighted by Crippen LogP contribution is -2.48. The Kier molecular flexibility index (Phi) is 12.7. The number of phenolic OH excluding ortho intramolecular Hbond substituents is 1. The highest BCUT2D eigenvalue weighted by Crippen LogP contribution is 2.39. The Hall–Kier alpha value is -3.31. The molecule has 1 saturated heterocycles. The van der Waals surface area contributed by atoms with Crippen molar-refractivity contribution in [2.45, 2.75) is 109 Å². The number of imide groups is 1.